The third-order valence-electron chi connectivity index (χ3n) is 4.66. The molecule has 2 unspecified atom stereocenters. The largest absolute Gasteiger partial charge is 0.391 e. The summed E-state index contributed by atoms with van der Waals surface area (Å²) >= 11 is 0. The van der Waals surface area contributed by atoms with Crippen LogP contribution in [0.25, 0.3) is 0 Å². The van der Waals surface area contributed by atoms with Gasteiger partial charge in [0.15, 0.2) is 0 Å². The topological polar surface area (TPSA) is 32.7 Å². The van der Waals surface area contributed by atoms with Crippen LogP contribution in [0.5, 0.6) is 0 Å². The minimum atomic E-state index is -0.173. The van der Waals surface area contributed by atoms with Gasteiger partial charge in [0.1, 0.15) is 0 Å². The molecule has 1 aliphatic carbocycles. The maximum atomic E-state index is 10.5. The lowest BCUT2D eigenvalue weighted by Crippen LogP contribution is -2.43. The molecule has 0 aromatic rings. The van der Waals surface area contributed by atoms with Gasteiger partial charge in [-0.3, -0.25) is 4.90 Å². The predicted molar refractivity (Wildman–Crippen MR) is 89.7 cm³/mol. The summed E-state index contributed by atoms with van der Waals surface area (Å²) in [6.07, 6.45) is 12.7. The van der Waals surface area contributed by atoms with Crippen LogP contribution in [0.2, 0.25) is 0 Å². The first-order valence-electron chi connectivity index (χ1n) is 9.11. The highest BCUT2D eigenvalue weighted by Crippen LogP contribution is 2.20. The number of ether oxygens (including phenoxy) is 1. The van der Waals surface area contributed by atoms with E-state index in [4.69, 9.17) is 4.74 Å². The Morgan fingerprint density at radius 2 is 1.48 bits per heavy atom. The molecule has 1 N–H and O–H groups in total. The van der Waals surface area contributed by atoms with Gasteiger partial charge in [-0.05, 0) is 33.7 Å². The lowest BCUT2D eigenvalue weighted by Gasteiger charge is -2.32. The zero-order valence-corrected chi connectivity index (χ0v) is 14.5. The smallest absolute Gasteiger partial charge is 0.0695 e. The summed E-state index contributed by atoms with van der Waals surface area (Å²) < 4.78 is 5.65. The summed E-state index contributed by atoms with van der Waals surface area (Å²) in [7, 11) is 2.14. The van der Waals surface area contributed by atoms with Crippen molar-refractivity contribution in [3.8, 4) is 0 Å². The van der Waals surface area contributed by atoms with E-state index in [-0.39, 0.29) is 6.10 Å². The number of aliphatic hydroxyl groups excluding tert-OH is 1. The lowest BCUT2D eigenvalue weighted by molar-refractivity contribution is 0.0169. The van der Waals surface area contributed by atoms with E-state index in [0.29, 0.717) is 12.1 Å². The zero-order chi connectivity index (χ0) is 15.5. The van der Waals surface area contributed by atoms with E-state index >= 15 is 0 Å². The first kappa shape index (κ1) is 18.9. The van der Waals surface area contributed by atoms with Gasteiger partial charge in [-0.25, -0.2) is 0 Å². The molecule has 0 bridgehead atoms. The van der Waals surface area contributed by atoms with Crippen LogP contribution >= 0.6 is 0 Å². The van der Waals surface area contributed by atoms with Crippen molar-refractivity contribution in [1.82, 2.24) is 4.90 Å². The van der Waals surface area contributed by atoms with Crippen LogP contribution in [-0.4, -0.2) is 48.5 Å². The Morgan fingerprint density at radius 1 is 0.952 bits per heavy atom. The van der Waals surface area contributed by atoms with Gasteiger partial charge < -0.3 is 9.84 Å². The molecular formula is C18H37NO2. The normalized spacial score (nSPS) is 26.6. The third-order valence-corrected chi connectivity index (χ3v) is 4.66. The highest BCUT2D eigenvalue weighted by Gasteiger charge is 2.23. The molecule has 21 heavy (non-hydrogen) atoms. The molecule has 0 radical (unpaired) electrons. The lowest BCUT2D eigenvalue weighted by atomic mass is 9.95. The molecule has 1 rings (SSSR count). The second-order valence-corrected chi connectivity index (χ2v) is 6.94. The highest BCUT2D eigenvalue weighted by atomic mass is 16.5. The van der Waals surface area contributed by atoms with Crippen molar-refractivity contribution < 1.29 is 9.84 Å². The van der Waals surface area contributed by atoms with Crippen LogP contribution in [0.15, 0.2) is 0 Å². The minimum absolute atomic E-state index is 0.173. The van der Waals surface area contributed by atoms with E-state index in [2.05, 4.69) is 25.8 Å². The fraction of sp³-hybridized carbons (Fsp3) is 1.00. The number of aliphatic hydroxyl groups is 1. The molecule has 0 heterocycles. The summed E-state index contributed by atoms with van der Waals surface area (Å²) in [5, 5.41) is 10.5. The molecule has 1 fully saturated rings. The SMILES string of the molecule is CC(C)OCCN(C)C1CCCCCCCCCCC1O. The monoisotopic (exact) mass is 299 g/mol. The van der Waals surface area contributed by atoms with E-state index in [0.717, 1.165) is 26.0 Å². The molecule has 0 amide bonds. The van der Waals surface area contributed by atoms with Crippen LogP contribution < -0.4 is 0 Å². The number of nitrogens with zero attached hydrogens (tertiary/aromatic N) is 1. The van der Waals surface area contributed by atoms with Crippen molar-refractivity contribution in [2.75, 3.05) is 20.2 Å². The van der Waals surface area contributed by atoms with E-state index in [1.807, 2.05) is 0 Å². The van der Waals surface area contributed by atoms with Crippen molar-refractivity contribution in [1.29, 1.82) is 0 Å². The van der Waals surface area contributed by atoms with E-state index in [1.54, 1.807) is 0 Å². The molecule has 0 aromatic carbocycles. The Bertz CT molecular complexity index is 245. The second kappa shape index (κ2) is 11.4. The summed E-state index contributed by atoms with van der Waals surface area (Å²) in [4.78, 5) is 2.32. The van der Waals surface area contributed by atoms with Gasteiger partial charge in [0, 0.05) is 12.6 Å². The molecule has 2 atom stereocenters. The van der Waals surface area contributed by atoms with Gasteiger partial charge in [0.2, 0.25) is 0 Å². The average molecular weight is 299 g/mol. The first-order valence-corrected chi connectivity index (χ1v) is 9.11. The Balaban J connectivity index is 2.42. The zero-order valence-electron chi connectivity index (χ0n) is 14.5. The number of likely N-dealkylation sites (N-methyl/N-ethyl adjacent to an activating group) is 1. The van der Waals surface area contributed by atoms with Crippen molar-refractivity contribution in [2.24, 2.45) is 0 Å². The van der Waals surface area contributed by atoms with Crippen molar-refractivity contribution in [2.45, 2.75) is 96.3 Å². The van der Waals surface area contributed by atoms with Crippen LogP contribution in [0.1, 0.15) is 78.1 Å². The van der Waals surface area contributed by atoms with Gasteiger partial charge in [0.25, 0.3) is 0 Å². The Morgan fingerprint density at radius 3 is 2.05 bits per heavy atom. The van der Waals surface area contributed by atoms with Gasteiger partial charge >= 0.3 is 0 Å². The highest BCUT2D eigenvalue weighted by molar-refractivity contribution is 4.78. The van der Waals surface area contributed by atoms with E-state index in [1.165, 1.54) is 51.4 Å². The fourth-order valence-corrected chi connectivity index (χ4v) is 3.26. The maximum Gasteiger partial charge on any atom is 0.0695 e. The molecule has 0 spiro atoms. The summed E-state index contributed by atoms with van der Waals surface area (Å²) in [5.74, 6) is 0. The maximum absolute atomic E-state index is 10.5. The summed E-state index contributed by atoms with van der Waals surface area (Å²) in [6, 6.07) is 0.306. The number of hydrogen-bond donors (Lipinski definition) is 1. The second-order valence-electron chi connectivity index (χ2n) is 6.94. The van der Waals surface area contributed by atoms with Gasteiger partial charge in [0.05, 0.1) is 18.8 Å². The van der Waals surface area contributed by atoms with E-state index < -0.39 is 0 Å². The number of hydrogen-bond acceptors (Lipinski definition) is 3. The molecule has 0 aromatic heterocycles. The first-order chi connectivity index (χ1) is 10.1. The van der Waals surface area contributed by atoms with Crippen LogP contribution in [-0.2, 0) is 4.74 Å². The minimum Gasteiger partial charge on any atom is -0.391 e. The summed E-state index contributed by atoms with van der Waals surface area (Å²) in [5.41, 5.74) is 0. The quantitative estimate of drug-likeness (QED) is 0.833. The molecule has 1 saturated carbocycles. The molecule has 3 heteroatoms. The molecule has 0 saturated heterocycles. The van der Waals surface area contributed by atoms with Crippen LogP contribution in [0, 0.1) is 0 Å². The molecule has 1 aliphatic rings. The molecule has 126 valence electrons. The Kier molecular flexibility index (Phi) is 10.3. The van der Waals surface area contributed by atoms with Crippen LogP contribution in [0.3, 0.4) is 0 Å². The predicted octanol–water partition coefficient (Wildman–Crippen LogP) is 3.99. The van der Waals surface area contributed by atoms with Crippen molar-refractivity contribution >= 4 is 0 Å². The Hall–Kier alpha value is -0.120. The standard InChI is InChI=1S/C18H37NO2/c1-16(2)21-15-14-19(3)17-12-10-8-6-4-5-7-9-11-13-18(17)20/h16-18,20H,4-15H2,1-3H3. The molecular weight excluding hydrogens is 262 g/mol. The van der Waals surface area contributed by atoms with Gasteiger partial charge in [-0.15, -0.1) is 0 Å². The van der Waals surface area contributed by atoms with Gasteiger partial charge in [-0.1, -0.05) is 51.4 Å². The summed E-state index contributed by atoms with van der Waals surface area (Å²) in [6.45, 7) is 5.83. The Labute approximate surface area is 132 Å². The molecule has 3 nitrogen and oxygen atoms in total. The third kappa shape index (κ3) is 8.80. The van der Waals surface area contributed by atoms with Crippen LogP contribution in [0.4, 0.5) is 0 Å². The average Bonchev–Trinajstić information content (AvgIpc) is 2.42. The molecule has 0 aliphatic heterocycles. The van der Waals surface area contributed by atoms with Crippen molar-refractivity contribution in [3.05, 3.63) is 0 Å². The number of rotatable bonds is 5. The fourth-order valence-electron chi connectivity index (χ4n) is 3.26. The van der Waals surface area contributed by atoms with Gasteiger partial charge in [-0.2, -0.15) is 0 Å². The van der Waals surface area contributed by atoms with E-state index in [9.17, 15) is 5.11 Å². The van der Waals surface area contributed by atoms with Crippen molar-refractivity contribution in [3.63, 3.8) is 0 Å².